The molecule has 0 aliphatic rings. The molecule has 6 nitrogen and oxygen atoms in total. The molecule has 7 heteroatoms. The van der Waals surface area contributed by atoms with Crippen molar-refractivity contribution in [2.24, 2.45) is 0 Å². The van der Waals surface area contributed by atoms with E-state index in [-0.39, 0.29) is 5.57 Å². The topological polar surface area (TPSA) is 80.6 Å². The lowest BCUT2D eigenvalue weighted by atomic mass is 10.1. The smallest absolute Gasteiger partial charge is 0.266 e. The van der Waals surface area contributed by atoms with Gasteiger partial charge in [-0.3, -0.25) is 4.79 Å². The summed E-state index contributed by atoms with van der Waals surface area (Å²) < 4.78 is 17.2. The summed E-state index contributed by atoms with van der Waals surface area (Å²) in [5, 5.41) is 12.2. The lowest BCUT2D eigenvalue weighted by molar-refractivity contribution is -0.112. The molecule has 32 heavy (non-hydrogen) atoms. The van der Waals surface area contributed by atoms with Gasteiger partial charge in [-0.15, -0.1) is 0 Å². The largest absolute Gasteiger partial charge is 0.493 e. The van der Waals surface area contributed by atoms with E-state index in [2.05, 4.69) is 21.2 Å². The lowest BCUT2D eigenvalue weighted by Crippen LogP contribution is -2.13. The summed E-state index contributed by atoms with van der Waals surface area (Å²) in [6.07, 6.45) is 1.49. The van der Waals surface area contributed by atoms with Crippen molar-refractivity contribution < 1.29 is 19.0 Å². The minimum atomic E-state index is -0.509. The SMILES string of the molecule is COc1ccc(/C=C(\C#N)C(=O)Nc2ccc(OCc3ccc(Br)cc3)cc2)cc1OC. The molecule has 0 aromatic heterocycles. The number of hydrogen-bond acceptors (Lipinski definition) is 5. The molecule has 0 radical (unpaired) electrons. The molecule has 3 rings (SSSR count). The van der Waals surface area contributed by atoms with Gasteiger partial charge in [-0.05, 0) is 65.7 Å². The van der Waals surface area contributed by atoms with Gasteiger partial charge in [0.1, 0.15) is 24.0 Å². The highest BCUT2D eigenvalue weighted by molar-refractivity contribution is 9.10. The summed E-state index contributed by atoms with van der Waals surface area (Å²) >= 11 is 3.40. The first-order valence-corrected chi connectivity index (χ1v) is 10.4. The summed E-state index contributed by atoms with van der Waals surface area (Å²) in [7, 11) is 3.06. The monoisotopic (exact) mass is 492 g/mol. The molecule has 3 aromatic carbocycles. The van der Waals surface area contributed by atoms with E-state index in [0.717, 1.165) is 10.0 Å². The fourth-order valence-corrected chi connectivity index (χ4v) is 3.10. The highest BCUT2D eigenvalue weighted by Gasteiger charge is 2.11. The molecular formula is C25H21BrN2O4. The zero-order chi connectivity index (χ0) is 22.9. The van der Waals surface area contributed by atoms with Gasteiger partial charge in [-0.25, -0.2) is 0 Å². The molecule has 1 amide bonds. The summed E-state index contributed by atoms with van der Waals surface area (Å²) in [6.45, 7) is 0.436. The molecular weight excluding hydrogens is 472 g/mol. The van der Waals surface area contributed by atoms with Crippen molar-refractivity contribution in [3.8, 4) is 23.3 Å². The van der Waals surface area contributed by atoms with Crippen molar-refractivity contribution in [2.45, 2.75) is 6.61 Å². The van der Waals surface area contributed by atoms with E-state index in [0.29, 0.717) is 35.1 Å². The molecule has 0 saturated heterocycles. The summed E-state index contributed by atoms with van der Waals surface area (Å²) in [5.74, 6) is 1.24. The Morgan fingerprint density at radius 1 is 1.00 bits per heavy atom. The first kappa shape index (κ1) is 22.9. The number of halogens is 1. The van der Waals surface area contributed by atoms with Crippen molar-refractivity contribution in [3.05, 3.63) is 87.9 Å². The van der Waals surface area contributed by atoms with Gasteiger partial charge in [0.05, 0.1) is 14.2 Å². The van der Waals surface area contributed by atoms with Gasteiger partial charge >= 0.3 is 0 Å². The Morgan fingerprint density at radius 2 is 1.69 bits per heavy atom. The predicted octanol–water partition coefficient (Wildman–Crippen LogP) is 5.59. The van der Waals surface area contributed by atoms with Crippen LogP contribution in [0.1, 0.15) is 11.1 Å². The number of nitrogens with zero attached hydrogens (tertiary/aromatic N) is 1. The molecule has 0 aliphatic heterocycles. The zero-order valence-corrected chi connectivity index (χ0v) is 19.2. The van der Waals surface area contributed by atoms with Gasteiger partial charge in [0.15, 0.2) is 11.5 Å². The van der Waals surface area contributed by atoms with Crippen LogP contribution >= 0.6 is 15.9 Å². The predicted molar refractivity (Wildman–Crippen MR) is 127 cm³/mol. The van der Waals surface area contributed by atoms with Crippen LogP contribution in [-0.2, 0) is 11.4 Å². The van der Waals surface area contributed by atoms with Crippen LogP contribution in [0.25, 0.3) is 6.08 Å². The standard InChI is InChI=1S/C25H21BrN2O4/c1-30-23-12-5-18(14-24(23)31-2)13-19(15-27)25(29)28-21-8-10-22(11-9-21)32-16-17-3-6-20(26)7-4-17/h3-14H,16H2,1-2H3,(H,28,29)/b19-13+. The second kappa shape index (κ2) is 11.0. The Hall–Kier alpha value is -3.76. The number of nitriles is 1. The molecule has 3 aromatic rings. The average molecular weight is 493 g/mol. The summed E-state index contributed by atoms with van der Waals surface area (Å²) in [4.78, 5) is 12.6. The number of carbonyl (C=O) groups is 1. The Morgan fingerprint density at radius 3 is 2.31 bits per heavy atom. The van der Waals surface area contributed by atoms with E-state index in [9.17, 15) is 10.1 Å². The molecule has 0 atom stereocenters. The van der Waals surface area contributed by atoms with Crippen molar-refractivity contribution in [3.63, 3.8) is 0 Å². The van der Waals surface area contributed by atoms with Crippen LogP contribution in [0.5, 0.6) is 17.2 Å². The van der Waals surface area contributed by atoms with Crippen LogP contribution in [-0.4, -0.2) is 20.1 Å². The number of nitrogens with one attached hydrogen (secondary N) is 1. The number of methoxy groups -OCH3 is 2. The van der Waals surface area contributed by atoms with E-state index in [1.165, 1.54) is 13.2 Å². The third kappa shape index (κ3) is 6.13. The summed E-state index contributed by atoms with van der Waals surface area (Å²) in [5.41, 5.74) is 2.21. The molecule has 0 saturated carbocycles. The molecule has 0 aliphatic carbocycles. The van der Waals surface area contributed by atoms with Gasteiger partial charge in [0.2, 0.25) is 0 Å². The Balaban J connectivity index is 1.64. The van der Waals surface area contributed by atoms with Gasteiger partial charge in [-0.2, -0.15) is 5.26 Å². The number of anilines is 1. The van der Waals surface area contributed by atoms with Crippen LogP contribution < -0.4 is 19.5 Å². The number of carbonyl (C=O) groups excluding carboxylic acids is 1. The number of rotatable bonds is 8. The minimum absolute atomic E-state index is 0.0345. The Bertz CT molecular complexity index is 1150. The van der Waals surface area contributed by atoms with Gasteiger partial charge in [0, 0.05) is 10.2 Å². The quantitative estimate of drug-likeness (QED) is 0.327. The van der Waals surface area contributed by atoms with E-state index in [1.54, 1.807) is 49.6 Å². The lowest BCUT2D eigenvalue weighted by Gasteiger charge is -2.09. The van der Waals surface area contributed by atoms with Crippen LogP contribution in [0.4, 0.5) is 5.69 Å². The van der Waals surface area contributed by atoms with E-state index >= 15 is 0 Å². The van der Waals surface area contributed by atoms with E-state index in [4.69, 9.17) is 14.2 Å². The highest BCUT2D eigenvalue weighted by atomic mass is 79.9. The minimum Gasteiger partial charge on any atom is -0.493 e. The zero-order valence-electron chi connectivity index (χ0n) is 17.6. The molecule has 1 N–H and O–H groups in total. The molecule has 162 valence electrons. The maximum Gasteiger partial charge on any atom is 0.266 e. The Kier molecular flexibility index (Phi) is 7.90. The normalized spacial score (nSPS) is 10.8. The third-order valence-corrected chi connectivity index (χ3v) is 5.04. The van der Waals surface area contributed by atoms with Crippen LogP contribution in [0.3, 0.4) is 0 Å². The number of benzene rings is 3. The number of amides is 1. The van der Waals surface area contributed by atoms with Crippen LogP contribution in [0.2, 0.25) is 0 Å². The van der Waals surface area contributed by atoms with Crippen molar-refractivity contribution in [2.75, 3.05) is 19.5 Å². The second-order valence-corrected chi connectivity index (χ2v) is 7.59. The average Bonchev–Trinajstić information content (AvgIpc) is 2.82. The highest BCUT2D eigenvalue weighted by Crippen LogP contribution is 2.28. The molecule has 0 unspecified atom stereocenters. The number of hydrogen-bond donors (Lipinski definition) is 1. The van der Waals surface area contributed by atoms with Gasteiger partial charge in [0.25, 0.3) is 5.91 Å². The molecule has 0 heterocycles. The van der Waals surface area contributed by atoms with Gasteiger partial charge in [-0.1, -0.05) is 34.1 Å². The maximum atomic E-state index is 12.6. The molecule has 0 bridgehead atoms. The van der Waals surface area contributed by atoms with Crippen LogP contribution in [0, 0.1) is 11.3 Å². The maximum absolute atomic E-state index is 12.6. The third-order valence-electron chi connectivity index (χ3n) is 4.51. The fourth-order valence-electron chi connectivity index (χ4n) is 2.84. The van der Waals surface area contributed by atoms with Gasteiger partial charge < -0.3 is 19.5 Å². The van der Waals surface area contributed by atoms with Crippen molar-refractivity contribution in [1.29, 1.82) is 5.26 Å². The first-order valence-electron chi connectivity index (χ1n) is 9.65. The number of ether oxygens (including phenoxy) is 3. The Labute approximate surface area is 195 Å². The first-order chi connectivity index (χ1) is 15.5. The van der Waals surface area contributed by atoms with Crippen molar-refractivity contribution >= 4 is 33.6 Å². The van der Waals surface area contributed by atoms with E-state index < -0.39 is 5.91 Å². The van der Waals surface area contributed by atoms with E-state index in [1.807, 2.05) is 30.3 Å². The fraction of sp³-hybridized carbons (Fsp3) is 0.120. The van der Waals surface area contributed by atoms with Crippen molar-refractivity contribution in [1.82, 2.24) is 0 Å². The van der Waals surface area contributed by atoms with Crippen LogP contribution in [0.15, 0.2) is 76.8 Å². The second-order valence-electron chi connectivity index (χ2n) is 6.68. The molecule has 0 spiro atoms. The summed E-state index contributed by atoms with van der Waals surface area (Å²) in [6, 6.07) is 21.9. The molecule has 0 fully saturated rings.